The molecule has 2 fully saturated rings. The molecule has 2 aliphatic rings. The van der Waals surface area contributed by atoms with Crippen molar-refractivity contribution in [2.24, 2.45) is 23.7 Å². The monoisotopic (exact) mass is 455 g/mol. The molecule has 4 rings (SSSR count). The van der Waals surface area contributed by atoms with Gasteiger partial charge in [-0.2, -0.15) is 0 Å². The van der Waals surface area contributed by atoms with Crippen LogP contribution in [-0.4, -0.2) is 21.9 Å². The van der Waals surface area contributed by atoms with Crippen molar-refractivity contribution in [2.45, 2.75) is 91.0 Å². The van der Waals surface area contributed by atoms with Gasteiger partial charge in [0.1, 0.15) is 0 Å². The second-order valence-corrected chi connectivity index (χ2v) is 11.2. The van der Waals surface area contributed by atoms with Crippen molar-refractivity contribution >= 4 is 17.2 Å². The second kappa shape index (κ2) is 12.5. The number of amides is 1. The molecule has 0 atom stereocenters. The van der Waals surface area contributed by atoms with Crippen molar-refractivity contribution in [3.05, 3.63) is 46.7 Å². The zero-order valence-electron chi connectivity index (χ0n) is 20.3. The molecular weight excluding hydrogens is 414 g/mol. The summed E-state index contributed by atoms with van der Waals surface area (Å²) in [7, 11) is 0. The van der Waals surface area contributed by atoms with Crippen LogP contribution in [0.25, 0.3) is 0 Å². The largest absolute Gasteiger partial charge is 0.347 e. The lowest BCUT2D eigenvalue weighted by atomic mass is 9.75. The highest BCUT2D eigenvalue weighted by atomic mass is 32.1. The molecule has 0 aliphatic heterocycles. The summed E-state index contributed by atoms with van der Waals surface area (Å²) in [6.07, 6.45) is 15.8. The standard InChI is InChI=1S/C14H21N.C13H20N2OS/c1-11(2)12-5-7-13(8-6-12)14-4-3-9-15-10-14;1-9(2)10-3-5-11(6-4-10)15-12(16)13-14-7-8-17-13/h3-4,9-13H,5-8H2,1-2H3;7-11H,3-6H2,1-2H3,(H,15,16). The summed E-state index contributed by atoms with van der Waals surface area (Å²) in [6.45, 7) is 9.29. The molecule has 2 aromatic rings. The minimum atomic E-state index is -0.00648. The van der Waals surface area contributed by atoms with E-state index >= 15 is 0 Å². The summed E-state index contributed by atoms with van der Waals surface area (Å²) in [5.74, 6) is 4.19. The van der Waals surface area contributed by atoms with Gasteiger partial charge in [0.2, 0.25) is 0 Å². The van der Waals surface area contributed by atoms with Crippen LogP contribution in [0.5, 0.6) is 0 Å². The van der Waals surface area contributed by atoms with Gasteiger partial charge in [-0.1, -0.05) is 33.8 Å². The van der Waals surface area contributed by atoms with Crippen LogP contribution < -0.4 is 5.32 Å². The molecule has 4 nitrogen and oxygen atoms in total. The number of carbonyl (C=O) groups is 1. The van der Waals surface area contributed by atoms with Gasteiger partial charge in [-0.05, 0) is 92.6 Å². The predicted octanol–water partition coefficient (Wildman–Crippen LogP) is 7.10. The lowest BCUT2D eigenvalue weighted by Gasteiger charge is -2.31. The lowest BCUT2D eigenvalue weighted by molar-refractivity contribution is 0.0917. The highest BCUT2D eigenvalue weighted by Gasteiger charge is 2.25. The Hall–Kier alpha value is -1.75. The Morgan fingerprint density at radius 2 is 1.56 bits per heavy atom. The molecule has 1 amide bonds. The number of rotatable bonds is 5. The van der Waals surface area contributed by atoms with Gasteiger partial charge < -0.3 is 5.32 Å². The topological polar surface area (TPSA) is 54.9 Å². The fourth-order valence-corrected chi connectivity index (χ4v) is 5.79. The van der Waals surface area contributed by atoms with Gasteiger partial charge in [-0.25, -0.2) is 4.98 Å². The molecule has 0 spiro atoms. The molecule has 0 radical (unpaired) electrons. The van der Waals surface area contributed by atoms with Crippen LogP contribution in [0.1, 0.15) is 100 Å². The minimum absolute atomic E-state index is 0.00648. The predicted molar refractivity (Wildman–Crippen MR) is 134 cm³/mol. The summed E-state index contributed by atoms with van der Waals surface area (Å²) < 4.78 is 0. The molecule has 176 valence electrons. The number of thiazole rings is 1. The van der Waals surface area contributed by atoms with Crippen LogP contribution in [0, 0.1) is 23.7 Å². The normalized spacial score (nSPS) is 25.8. The molecule has 0 saturated heterocycles. The smallest absolute Gasteiger partial charge is 0.280 e. The highest BCUT2D eigenvalue weighted by Crippen LogP contribution is 2.38. The van der Waals surface area contributed by atoms with E-state index < -0.39 is 0 Å². The maximum atomic E-state index is 11.8. The first-order valence-electron chi connectivity index (χ1n) is 12.5. The number of carbonyl (C=O) groups excluding carboxylic acids is 1. The van der Waals surface area contributed by atoms with E-state index in [1.807, 2.05) is 17.8 Å². The number of hydrogen-bond donors (Lipinski definition) is 1. The Kier molecular flexibility index (Phi) is 9.70. The minimum Gasteiger partial charge on any atom is -0.347 e. The zero-order valence-corrected chi connectivity index (χ0v) is 21.1. The summed E-state index contributed by atoms with van der Waals surface area (Å²) in [5.41, 5.74) is 1.44. The average molecular weight is 456 g/mol. The molecule has 0 aromatic carbocycles. The first-order chi connectivity index (χ1) is 15.4. The Labute approximate surface area is 198 Å². The summed E-state index contributed by atoms with van der Waals surface area (Å²) >= 11 is 1.40. The third kappa shape index (κ3) is 7.40. The first kappa shape index (κ1) is 24.9. The van der Waals surface area contributed by atoms with E-state index in [0.29, 0.717) is 11.0 Å². The van der Waals surface area contributed by atoms with Crippen LogP contribution in [0.3, 0.4) is 0 Å². The van der Waals surface area contributed by atoms with Crippen molar-refractivity contribution < 1.29 is 4.79 Å². The van der Waals surface area contributed by atoms with Gasteiger partial charge >= 0.3 is 0 Å². The molecular formula is C27H41N3OS. The average Bonchev–Trinajstić information content (AvgIpc) is 3.36. The van der Waals surface area contributed by atoms with E-state index in [1.54, 1.807) is 6.20 Å². The number of nitrogens with one attached hydrogen (secondary N) is 1. The molecule has 2 aromatic heterocycles. The first-order valence-corrected chi connectivity index (χ1v) is 13.4. The number of pyridine rings is 1. The molecule has 2 aliphatic carbocycles. The third-order valence-electron chi connectivity index (χ3n) is 7.55. The molecule has 2 heterocycles. The van der Waals surface area contributed by atoms with E-state index in [0.717, 1.165) is 42.4 Å². The van der Waals surface area contributed by atoms with E-state index in [4.69, 9.17) is 0 Å². The Morgan fingerprint density at radius 3 is 2.06 bits per heavy atom. The summed E-state index contributed by atoms with van der Waals surface area (Å²) in [6, 6.07) is 4.64. The van der Waals surface area contributed by atoms with Crippen molar-refractivity contribution in [1.82, 2.24) is 15.3 Å². The lowest BCUT2D eigenvalue weighted by Crippen LogP contribution is -2.38. The van der Waals surface area contributed by atoms with Crippen LogP contribution in [0.4, 0.5) is 0 Å². The van der Waals surface area contributed by atoms with E-state index in [-0.39, 0.29) is 5.91 Å². The van der Waals surface area contributed by atoms with Crippen LogP contribution in [-0.2, 0) is 0 Å². The van der Waals surface area contributed by atoms with Crippen molar-refractivity contribution in [3.63, 3.8) is 0 Å². The Bertz CT molecular complexity index is 774. The quantitative estimate of drug-likeness (QED) is 0.523. The van der Waals surface area contributed by atoms with Gasteiger partial charge in [0.05, 0.1) is 0 Å². The number of hydrogen-bond acceptors (Lipinski definition) is 4. The molecule has 0 unspecified atom stereocenters. The van der Waals surface area contributed by atoms with Crippen molar-refractivity contribution in [2.75, 3.05) is 0 Å². The van der Waals surface area contributed by atoms with Crippen LogP contribution >= 0.6 is 11.3 Å². The fourth-order valence-electron chi connectivity index (χ4n) is 5.25. The maximum Gasteiger partial charge on any atom is 0.280 e. The molecule has 32 heavy (non-hydrogen) atoms. The Balaban J connectivity index is 0.000000182. The molecule has 0 bridgehead atoms. The summed E-state index contributed by atoms with van der Waals surface area (Å²) in [5, 5.41) is 5.51. The molecule has 2 saturated carbocycles. The van der Waals surface area contributed by atoms with Gasteiger partial charge in [-0.3, -0.25) is 9.78 Å². The number of aromatic nitrogens is 2. The second-order valence-electron chi connectivity index (χ2n) is 10.3. The van der Waals surface area contributed by atoms with E-state index in [9.17, 15) is 4.79 Å². The van der Waals surface area contributed by atoms with Gasteiger partial charge in [0.15, 0.2) is 5.01 Å². The highest BCUT2D eigenvalue weighted by molar-refractivity contribution is 7.11. The van der Waals surface area contributed by atoms with Gasteiger partial charge in [-0.15, -0.1) is 11.3 Å². The Morgan fingerprint density at radius 1 is 0.938 bits per heavy atom. The van der Waals surface area contributed by atoms with E-state index in [1.165, 1.54) is 55.4 Å². The maximum absolute atomic E-state index is 11.8. The fraction of sp³-hybridized carbons (Fsp3) is 0.667. The van der Waals surface area contributed by atoms with Crippen LogP contribution in [0.2, 0.25) is 0 Å². The molecule has 1 N–H and O–H groups in total. The van der Waals surface area contributed by atoms with Crippen molar-refractivity contribution in [3.8, 4) is 0 Å². The van der Waals surface area contributed by atoms with Crippen molar-refractivity contribution in [1.29, 1.82) is 0 Å². The molecule has 5 heteroatoms. The third-order valence-corrected chi connectivity index (χ3v) is 8.32. The van der Waals surface area contributed by atoms with Crippen LogP contribution in [0.15, 0.2) is 36.1 Å². The van der Waals surface area contributed by atoms with Gasteiger partial charge in [0, 0.05) is 30.0 Å². The van der Waals surface area contributed by atoms with Gasteiger partial charge in [0.25, 0.3) is 5.91 Å². The van der Waals surface area contributed by atoms with E-state index in [2.05, 4.69) is 55.1 Å². The summed E-state index contributed by atoms with van der Waals surface area (Å²) in [4.78, 5) is 20.1. The zero-order chi connectivity index (χ0) is 22.9. The number of nitrogens with zero attached hydrogens (tertiary/aromatic N) is 2. The SMILES string of the molecule is CC(C)C1CCC(NC(=O)c2nccs2)CC1.CC(C)C1CCC(c2cccnc2)CC1.